The van der Waals surface area contributed by atoms with Crippen molar-refractivity contribution in [3.63, 3.8) is 0 Å². The molecule has 10 nitrogen and oxygen atoms in total. The van der Waals surface area contributed by atoms with Crippen molar-refractivity contribution in [3.8, 4) is 11.5 Å². The van der Waals surface area contributed by atoms with Gasteiger partial charge in [0, 0.05) is 32.1 Å². The number of aliphatic carboxylic acids is 2. The molecule has 1 heterocycles. The normalized spacial score (nSPS) is 13.7. The van der Waals surface area contributed by atoms with E-state index in [9.17, 15) is 4.79 Å². The Balaban J connectivity index is 0.000000527. The summed E-state index contributed by atoms with van der Waals surface area (Å²) >= 11 is 0. The fraction of sp³-hybridized carbons (Fsp3) is 0.471. The number of hydrogen-bond acceptors (Lipinski definition) is 7. The largest absolute Gasteiger partial charge is 0.497 e. The van der Waals surface area contributed by atoms with Gasteiger partial charge in [-0.05, 0) is 12.1 Å². The summed E-state index contributed by atoms with van der Waals surface area (Å²) in [5.41, 5.74) is 0.629. The zero-order valence-corrected chi connectivity index (χ0v) is 15.3. The Labute approximate surface area is 156 Å². The number of morpholine rings is 1. The second-order valence-corrected chi connectivity index (χ2v) is 5.43. The summed E-state index contributed by atoms with van der Waals surface area (Å²) < 4.78 is 15.7. The van der Waals surface area contributed by atoms with Crippen LogP contribution in [0.2, 0.25) is 0 Å². The number of methoxy groups -OCH3 is 2. The third kappa shape index (κ3) is 8.38. The standard InChI is InChI=1S/C15H22N2O4.C2H2O4/c1-19-12-3-4-14(20-2)13(11-12)16-15(18)5-6-17-7-9-21-10-8-17;3-1(4)2(5)6/h3-4,11H,5-10H2,1-2H3,(H,16,18);(H,3,4)(H,5,6). The molecule has 1 aromatic carbocycles. The van der Waals surface area contributed by atoms with Gasteiger partial charge in [0.25, 0.3) is 0 Å². The number of ether oxygens (including phenoxy) is 3. The van der Waals surface area contributed by atoms with Crippen LogP contribution in [0.15, 0.2) is 18.2 Å². The number of amides is 1. The van der Waals surface area contributed by atoms with Crippen molar-refractivity contribution >= 4 is 23.5 Å². The first-order chi connectivity index (χ1) is 12.9. The molecule has 27 heavy (non-hydrogen) atoms. The predicted octanol–water partition coefficient (Wildman–Crippen LogP) is 0.520. The number of nitrogens with one attached hydrogen (secondary N) is 1. The van der Waals surface area contributed by atoms with Crippen molar-refractivity contribution < 1.29 is 38.8 Å². The van der Waals surface area contributed by atoms with Crippen LogP contribution in [0.1, 0.15) is 6.42 Å². The van der Waals surface area contributed by atoms with E-state index in [1.54, 1.807) is 32.4 Å². The highest BCUT2D eigenvalue weighted by Gasteiger charge is 2.13. The molecule has 0 unspecified atom stereocenters. The zero-order valence-electron chi connectivity index (χ0n) is 15.3. The van der Waals surface area contributed by atoms with Crippen LogP contribution in [-0.4, -0.2) is 80.0 Å². The number of benzene rings is 1. The van der Waals surface area contributed by atoms with E-state index < -0.39 is 11.9 Å². The number of rotatable bonds is 6. The molecule has 3 N–H and O–H groups in total. The molecule has 1 amide bonds. The van der Waals surface area contributed by atoms with E-state index in [0.29, 0.717) is 23.6 Å². The quantitative estimate of drug-likeness (QED) is 0.600. The van der Waals surface area contributed by atoms with E-state index in [0.717, 1.165) is 32.8 Å². The summed E-state index contributed by atoms with van der Waals surface area (Å²) in [7, 11) is 3.16. The van der Waals surface area contributed by atoms with Crippen molar-refractivity contribution in [2.75, 3.05) is 52.4 Å². The van der Waals surface area contributed by atoms with Gasteiger partial charge >= 0.3 is 11.9 Å². The summed E-state index contributed by atoms with van der Waals surface area (Å²) in [5, 5.41) is 17.7. The van der Waals surface area contributed by atoms with Crippen LogP contribution in [-0.2, 0) is 19.1 Å². The van der Waals surface area contributed by atoms with Crippen molar-refractivity contribution in [2.45, 2.75) is 6.42 Å². The van der Waals surface area contributed by atoms with E-state index in [2.05, 4.69) is 10.2 Å². The molecule has 2 rings (SSSR count). The molecule has 1 aliphatic heterocycles. The third-order valence-electron chi connectivity index (χ3n) is 3.62. The van der Waals surface area contributed by atoms with E-state index in [1.165, 1.54) is 0 Å². The predicted molar refractivity (Wildman–Crippen MR) is 95.3 cm³/mol. The summed E-state index contributed by atoms with van der Waals surface area (Å²) in [6.45, 7) is 3.99. The van der Waals surface area contributed by atoms with Gasteiger partial charge in [-0.3, -0.25) is 9.69 Å². The Kier molecular flexibility index (Phi) is 9.62. The minimum absolute atomic E-state index is 0.0342. The molecule has 0 bridgehead atoms. The van der Waals surface area contributed by atoms with Crippen molar-refractivity contribution in [1.82, 2.24) is 4.90 Å². The smallest absolute Gasteiger partial charge is 0.414 e. The lowest BCUT2D eigenvalue weighted by Gasteiger charge is -2.26. The second kappa shape index (κ2) is 11.7. The van der Waals surface area contributed by atoms with Crippen LogP contribution >= 0.6 is 0 Å². The fourth-order valence-electron chi connectivity index (χ4n) is 2.21. The highest BCUT2D eigenvalue weighted by molar-refractivity contribution is 6.27. The van der Waals surface area contributed by atoms with E-state index >= 15 is 0 Å². The Morgan fingerprint density at radius 3 is 2.26 bits per heavy atom. The fourth-order valence-corrected chi connectivity index (χ4v) is 2.21. The topological polar surface area (TPSA) is 135 Å². The number of carbonyl (C=O) groups is 3. The molecule has 1 aromatic rings. The van der Waals surface area contributed by atoms with Crippen molar-refractivity contribution in [2.24, 2.45) is 0 Å². The first-order valence-corrected chi connectivity index (χ1v) is 8.15. The maximum absolute atomic E-state index is 12.1. The molecule has 10 heteroatoms. The summed E-state index contributed by atoms with van der Waals surface area (Å²) in [5.74, 6) is -2.38. The molecule has 1 fully saturated rings. The zero-order chi connectivity index (χ0) is 20.2. The Hall–Kier alpha value is -2.85. The molecule has 0 aliphatic carbocycles. The van der Waals surface area contributed by atoms with E-state index in [4.69, 9.17) is 34.0 Å². The van der Waals surface area contributed by atoms with Gasteiger partial charge in [0.15, 0.2) is 0 Å². The lowest BCUT2D eigenvalue weighted by atomic mass is 10.2. The minimum Gasteiger partial charge on any atom is -0.497 e. The molecule has 0 spiro atoms. The number of hydrogen-bond donors (Lipinski definition) is 3. The average Bonchev–Trinajstić information content (AvgIpc) is 2.67. The maximum Gasteiger partial charge on any atom is 0.414 e. The number of nitrogens with zero attached hydrogens (tertiary/aromatic N) is 1. The van der Waals surface area contributed by atoms with E-state index in [1.807, 2.05) is 0 Å². The van der Waals surface area contributed by atoms with E-state index in [-0.39, 0.29) is 5.91 Å². The van der Waals surface area contributed by atoms with Gasteiger partial charge in [0.1, 0.15) is 11.5 Å². The molecular formula is C17H24N2O8. The molecule has 1 aliphatic rings. The Morgan fingerprint density at radius 1 is 1.11 bits per heavy atom. The van der Waals surface area contributed by atoms with Crippen molar-refractivity contribution in [3.05, 3.63) is 18.2 Å². The minimum atomic E-state index is -1.82. The highest BCUT2D eigenvalue weighted by atomic mass is 16.5. The Morgan fingerprint density at radius 2 is 1.74 bits per heavy atom. The van der Waals surface area contributed by atoms with Crippen LogP contribution in [0.25, 0.3) is 0 Å². The first kappa shape index (κ1) is 22.2. The van der Waals surface area contributed by atoms with Crippen molar-refractivity contribution in [1.29, 1.82) is 0 Å². The van der Waals surface area contributed by atoms with Gasteiger partial charge in [-0.25, -0.2) is 9.59 Å². The lowest BCUT2D eigenvalue weighted by molar-refractivity contribution is -0.159. The van der Waals surface area contributed by atoms with Gasteiger partial charge in [-0.1, -0.05) is 0 Å². The first-order valence-electron chi connectivity index (χ1n) is 8.15. The van der Waals surface area contributed by atoms with Gasteiger partial charge in [-0.15, -0.1) is 0 Å². The molecule has 0 aromatic heterocycles. The lowest BCUT2D eigenvalue weighted by Crippen LogP contribution is -2.38. The highest BCUT2D eigenvalue weighted by Crippen LogP contribution is 2.28. The second-order valence-electron chi connectivity index (χ2n) is 5.43. The third-order valence-corrected chi connectivity index (χ3v) is 3.62. The summed E-state index contributed by atoms with van der Waals surface area (Å²) in [4.78, 5) is 32.5. The van der Waals surface area contributed by atoms with Crippen LogP contribution in [0.4, 0.5) is 5.69 Å². The van der Waals surface area contributed by atoms with Crippen LogP contribution in [0, 0.1) is 0 Å². The maximum atomic E-state index is 12.1. The number of carboxylic acids is 2. The number of carboxylic acid groups (broad SMARTS) is 2. The van der Waals surface area contributed by atoms with Gasteiger partial charge in [0.05, 0.1) is 33.1 Å². The number of carbonyl (C=O) groups excluding carboxylic acids is 1. The molecular weight excluding hydrogens is 360 g/mol. The number of anilines is 1. The monoisotopic (exact) mass is 384 g/mol. The van der Waals surface area contributed by atoms with Gasteiger partial charge in [-0.2, -0.15) is 0 Å². The molecule has 0 radical (unpaired) electrons. The average molecular weight is 384 g/mol. The van der Waals surface area contributed by atoms with Crippen LogP contribution < -0.4 is 14.8 Å². The molecule has 0 atom stereocenters. The summed E-state index contributed by atoms with van der Waals surface area (Å²) in [6.07, 6.45) is 0.445. The summed E-state index contributed by atoms with van der Waals surface area (Å²) in [6, 6.07) is 5.32. The van der Waals surface area contributed by atoms with Gasteiger partial charge < -0.3 is 29.7 Å². The molecule has 1 saturated heterocycles. The molecule has 0 saturated carbocycles. The SMILES string of the molecule is COc1ccc(OC)c(NC(=O)CCN2CCOCC2)c1.O=C(O)C(=O)O. The van der Waals surface area contributed by atoms with Crippen LogP contribution in [0.3, 0.4) is 0 Å². The molecule has 150 valence electrons. The Bertz CT molecular complexity index is 632. The van der Waals surface area contributed by atoms with Gasteiger partial charge in [0.2, 0.25) is 5.91 Å². The van der Waals surface area contributed by atoms with Crippen LogP contribution in [0.5, 0.6) is 11.5 Å².